The van der Waals surface area contributed by atoms with Crippen LogP contribution in [0.2, 0.25) is 0 Å². The molecule has 2 aliphatic rings. The van der Waals surface area contributed by atoms with Crippen molar-refractivity contribution in [3.05, 3.63) is 0 Å². The van der Waals surface area contributed by atoms with Gasteiger partial charge >= 0.3 is 0 Å². The summed E-state index contributed by atoms with van der Waals surface area (Å²) in [6.45, 7) is 2.71. The highest BCUT2D eigenvalue weighted by atomic mass is 35.5. The van der Waals surface area contributed by atoms with Gasteiger partial charge in [-0.3, -0.25) is 0 Å². The van der Waals surface area contributed by atoms with Crippen LogP contribution in [0, 0.1) is 0 Å². The van der Waals surface area contributed by atoms with Crippen LogP contribution >= 0.6 is 11.6 Å². The molecule has 0 aromatic heterocycles. The van der Waals surface area contributed by atoms with Gasteiger partial charge in [0.05, 0.1) is 19.1 Å². The molecule has 0 bridgehead atoms. The van der Waals surface area contributed by atoms with Crippen LogP contribution in [0.15, 0.2) is 0 Å². The van der Waals surface area contributed by atoms with Gasteiger partial charge in [-0.1, -0.05) is 11.6 Å². The van der Waals surface area contributed by atoms with Crippen molar-refractivity contribution in [2.24, 2.45) is 0 Å². The molecule has 2 heterocycles. The second kappa shape index (κ2) is 2.38. The van der Waals surface area contributed by atoms with E-state index < -0.39 is 0 Å². The Labute approximate surface area is 67.6 Å². The number of rotatable bonds is 1. The number of hydrogen-bond acceptors (Lipinski definition) is 0. The Bertz CT molecular complexity index is 125. The Morgan fingerprint density at radius 1 is 1.20 bits per heavy atom. The molecule has 58 valence electrons. The van der Waals surface area contributed by atoms with E-state index in [-0.39, 0.29) is 0 Å². The van der Waals surface area contributed by atoms with Gasteiger partial charge in [-0.25, -0.2) is 0 Å². The van der Waals surface area contributed by atoms with Gasteiger partial charge in [-0.05, 0) is 0 Å². The fraction of sp³-hybridized carbons (Fsp3) is 1.00. The number of hydrogen-bond donors (Lipinski definition) is 0. The zero-order valence-corrected chi connectivity index (χ0v) is 7.11. The molecule has 0 spiro atoms. The Hall–Kier alpha value is 0.250. The van der Waals surface area contributed by atoms with E-state index in [4.69, 9.17) is 11.6 Å². The Kier molecular flexibility index (Phi) is 1.65. The van der Waals surface area contributed by atoms with E-state index in [1.807, 2.05) is 0 Å². The fourth-order valence-electron chi connectivity index (χ4n) is 2.67. The molecule has 2 fully saturated rings. The van der Waals surface area contributed by atoms with E-state index in [1.54, 1.807) is 0 Å². The molecule has 2 aliphatic heterocycles. The summed E-state index contributed by atoms with van der Waals surface area (Å²) in [5, 5.41) is 0. The summed E-state index contributed by atoms with van der Waals surface area (Å²) in [7, 11) is 0. The first-order chi connectivity index (χ1) is 4.87. The van der Waals surface area contributed by atoms with Crippen molar-refractivity contribution in [3.8, 4) is 0 Å². The highest BCUT2D eigenvalue weighted by Crippen LogP contribution is 2.36. The van der Waals surface area contributed by atoms with Gasteiger partial charge in [0.15, 0.2) is 6.00 Å². The Balaban J connectivity index is 2.15. The lowest BCUT2D eigenvalue weighted by atomic mass is 10.2. The lowest BCUT2D eigenvalue weighted by Gasteiger charge is -2.31. The predicted molar refractivity (Wildman–Crippen MR) is 43.0 cm³/mol. The van der Waals surface area contributed by atoms with E-state index >= 15 is 0 Å². The van der Waals surface area contributed by atoms with Gasteiger partial charge in [-0.15, -0.1) is 0 Å². The van der Waals surface area contributed by atoms with Gasteiger partial charge in [0, 0.05) is 25.7 Å². The molecule has 2 heteroatoms. The average molecular weight is 161 g/mol. The van der Waals surface area contributed by atoms with Crippen molar-refractivity contribution < 1.29 is 4.48 Å². The predicted octanol–water partition coefficient (Wildman–Crippen LogP) is 1.96. The standard InChI is InChI=1S/C8H15ClN/c9-7-10-5-1-3-8(10)4-2-6-10/h8H,1-7H2/q+1. The summed E-state index contributed by atoms with van der Waals surface area (Å²) in [5.41, 5.74) is 0. The highest BCUT2D eigenvalue weighted by Gasteiger charge is 2.44. The largest absolute Gasteiger partial charge is 0.309 e. The summed E-state index contributed by atoms with van der Waals surface area (Å²) in [5.74, 6) is 0. The molecule has 0 amide bonds. The van der Waals surface area contributed by atoms with Gasteiger partial charge in [0.25, 0.3) is 0 Å². The topological polar surface area (TPSA) is 0 Å². The summed E-state index contributed by atoms with van der Waals surface area (Å²) < 4.78 is 1.25. The van der Waals surface area contributed by atoms with Gasteiger partial charge in [-0.2, -0.15) is 0 Å². The Morgan fingerprint density at radius 3 is 2.20 bits per heavy atom. The van der Waals surface area contributed by atoms with Crippen LogP contribution in [0.5, 0.6) is 0 Å². The second-order valence-corrected chi connectivity index (χ2v) is 3.96. The molecule has 0 N–H and O–H groups in total. The van der Waals surface area contributed by atoms with Crippen LogP contribution in [-0.4, -0.2) is 29.6 Å². The number of quaternary nitrogens is 1. The average Bonchev–Trinajstić information content (AvgIpc) is 2.42. The van der Waals surface area contributed by atoms with Crippen molar-refractivity contribution in [1.29, 1.82) is 0 Å². The molecule has 0 aliphatic carbocycles. The van der Waals surface area contributed by atoms with Gasteiger partial charge in [0.2, 0.25) is 0 Å². The SMILES string of the molecule is ClC[N+]12CCCC1CCC2. The first-order valence-electron chi connectivity index (χ1n) is 4.29. The number of alkyl halides is 1. The molecule has 10 heavy (non-hydrogen) atoms. The highest BCUT2D eigenvalue weighted by molar-refractivity contribution is 6.17. The Morgan fingerprint density at radius 2 is 1.80 bits per heavy atom. The molecule has 2 rings (SSSR count). The van der Waals surface area contributed by atoms with Gasteiger partial charge < -0.3 is 4.48 Å². The number of halogens is 1. The molecule has 0 radical (unpaired) electrons. The van der Waals surface area contributed by atoms with E-state index in [1.165, 1.54) is 43.3 Å². The van der Waals surface area contributed by atoms with Crippen molar-refractivity contribution >= 4 is 11.6 Å². The van der Waals surface area contributed by atoms with Crippen LogP contribution in [0.3, 0.4) is 0 Å². The molecule has 0 unspecified atom stereocenters. The summed E-state index contributed by atoms with van der Waals surface area (Å²) in [6.07, 6.45) is 5.70. The lowest BCUT2D eigenvalue weighted by Crippen LogP contribution is -2.46. The zero-order chi connectivity index (χ0) is 7.03. The first-order valence-corrected chi connectivity index (χ1v) is 4.83. The van der Waals surface area contributed by atoms with Crippen LogP contribution in [-0.2, 0) is 0 Å². The summed E-state index contributed by atoms with van der Waals surface area (Å²) in [4.78, 5) is 0. The lowest BCUT2D eigenvalue weighted by molar-refractivity contribution is -0.916. The van der Waals surface area contributed by atoms with Crippen LogP contribution in [0.1, 0.15) is 25.7 Å². The minimum Gasteiger partial charge on any atom is -0.309 e. The molecular weight excluding hydrogens is 146 g/mol. The third kappa shape index (κ3) is 0.802. The van der Waals surface area contributed by atoms with E-state index in [0.717, 1.165) is 12.0 Å². The maximum Gasteiger partial charge on any atom is 0.155 e. The van der Waals surface area contributed by atoms with Crippen LogP contribution in [0.4, 0.5) is 0 Å². The first kappa shape index (κ1) is 6.93. The number of fused-ring (bicyclic) bond motifs is 1. The molecular formula is C8H15ClN+. The van der Waals surface area contributed by atoms with Crippen molar-refractivity contribution in [2.75, 3.05) is 19.1 Å². The molecule has 2 saturated heterocycles. The third-order valence-corrected chi connectivity index (χ3v) is 3.77. The van der Waals surface area contributed by atoms with Crippen molar-refractivity contribution in [2.45, 2.75) is 31.7 Å². The van der Waals surface area contributed by atoms with Gasteiger partial charge in [0.1, 0.15) is 0 Å². The second-order valence-electron chi connectivity index (χ2n) is 3.72. The molecule has 0 saturated carbocycles. The fourth-order valence-corrected chi connectivity index (χ4v) is 3.10. The van der Waals surface area contributed by atoms with Crippen molar-refractivity contribution in [3.63, 3.8) is 0 Å². The molecule has 1 nitrogen and oxygen atoms in total. The summed E-state index contributed by atoms with van der Waals surface area (Å²) >= 11 is 5.97. The maximum absolute atomic E-state index is 5.97. The minimum atomic E-state index is 0.866. The normalized spacial score (nSPS) is 45.9. The maximum atomic E-state index is 5.97. The third-order valence-electron chi connectivity index (χ3n) is 3.29. The van der Waals surface area contributed by atoms with Crippen LogP contribution in [0.25, 0.3) is 0 Å². The quantitative estimate of drug-likeness (QED) is 0.313. The van der Waals surface area contributed by atoms with E-state index in [9.17, 15) is 0 Å². The minimum absolute atomic E-state index is 0.866. The van der Waals surface area contributed by atoms with Crippen LogP contribution < -0.4 is 0 Å². The van der Waals surface area contributed by atoms with E-state index in [2.05, 4.69) is 0 Å². The van der Waals surface area contributed by atoms with Crippen molar-refractivity contribution in [1.82, 2.24) is 0 Å². The molecule has 0 aromatic carbocycles. The monoisotopic (exact) mass is 160 g/mol. The smallest absolute Gasteiger partial charge is 0.155 e. The molecule has 0 aromatic rings. The zero-order valence-electron chi connectivity index (χ0n) is 6.35. The summed E-state index contributed by atoms with van der Waals surface area (Å²) in [6, 6.07) is 1.81. The van der Waals surface area contributed by atoms with E-state index in [0.29, 0.717) is 0 Å². The molecule has 0 atom stereocenters. The number of nitrogens with zero attached hydrogens (tertiary/aromatic N) is 1.